The van der Waals surface area contributed by atoms with E-state index in [0.29, 0.717) is 6.61 Å². The minimum absolute atomic E-state index is 0.0328. The predicted octanol–water partition coefficient (Wildman–Crippen LogP) is 3.80. The van der Waals surface area contributed by atoms with Crippen LogP contribution < -0.4 is 14.8 Å². The van der Waals surface area contributed by atoms with Crippen molar-refractivity contribution >= 4 is 5.91 Å². The number of ether oxygens (including phenoxy) is 2. The molecule has 1 aliphatic rings. The maximum Gasteiger partial charge on any atom is 0.223 e. The van der Waals surface area contributed by atoms with Crippen LogP contribution in [0, 0.1) is 12.8 Å². The van der Waals surface area contributed by atoms with Gasteiger partial charge < -0.3 is 14.8 Å². The second-order valence-corrected chi connectivity index (χ2v) is 7.87. The van der Waals surface area contributed by atoms with Crippen LogP contribution >= 0.6 is 0 Å². The molecule has 5 nitrogen and oxygen atoms in total. The minimum Gasteiger partial charge on any atom is -0.497 e. The van der Waals surface area contributed by atoms with Gasteiger partial charge in [0.25, 0.3) is 0 Å². The molecule has 3 rings (SSSR count). The molecule has 2 aromatic carbocycles. The van der Waals surface area contributed by atoms with Crippen molar-refractivity contribution in [2.75, 3.05) is 26.8 Å². The first-order valence-electron chi connectivity index (χ1n) is 10.4. The van der Waals surface area contributed by atoms with Crippen LogP contribution in [0.25, 0.3) is 0 Å². The monoisotopic (exact) mass is 396 g/mol. The van der Waals surface area contributed by atoms with E-state index < -0.39 is 0 Å². The van der Waals surface area contributed by atoms with Gasteiger partial charge in [-0.2, -0.15) is 0 Å². The second-order valence-electron chi connectivity index (χ2n) is 7.87. The number of methoxy groups -OCH3 is 1. The number of nitrogens with zero attached hydrogens (tertiary/aromatic N) is 1. The number of piperidine rings is 1. The SMILES string of the molecule is COc1ccc(OC[C@@H](C)NC(=O)C2CCN(Cc3ccccc3C)CC2)cc1. The summed E-state index contributed by atoms with van der Waals surface area (Å²) in [5.41, 5.74) is 2.71. The molecular weight excluding hydrogens is 364 g/mol. The molecule has 156 valence electrons. The van der Waals surface area contributed by atoms with Crippen LogP contribution in [0.4, 0.5) is 0 Å². The van der Waals surface area contributed by atoms with Gasteiger partial charge >= 0.3 is 0 Å². The first kappa shape index (κ1) is 21.2. The third-order valence-corrected chi connectivity index (χ3v) is 5.56. The van der Waals surface area contributed by atoms with Crippen molar-refractivity contribution in [3.05, 3.63) is 59.7 Å². The van der Waals surface area contributed by atoms with Gasteiger partial charge in [-0.3, -0.25) is 9.69 Å². The average Bonchev–Trinajstić information content (AvgIpc) is 2.75. The zero-order valence-electron chi connectivity index (χ0n) is 17.7. The Morgan fingerprint density at radius 1 is 1.10 bits per heavy atom. The smallest absolute Gasteiger partial charge is 0.223 e. The van der Waals surface area contributed by atoms with Crippen LogP contribution in [0.3, 0.4) is 0 Å². The van der Waals surface area contributed by atoms with Crippen LogP contribution in [-0.2, 0) is 11.3 Å². The fourth-order valence-electron chi connectivity index (χ4n) is 3.68. The lowest BCUT2D eigenvalue weighted by Crippen LogP contribution is -2.44. The normalized spacial score (nSPS) is 16.2. The zero-order valence-corrected chi connectivity index (χ0v) is 17.7. The van der Waals surface area contributed by atoms with Crippen molar-refractivity contribution in [3.8, 4) is 11.5 Å². The van der Waals surface area contributed by atoms with Gasteiger partial charge in [0.05, 0.1) is 13.2 Å². The summed E-state index contributed by atoms with van der Waals surface area (Å²) in [5.74, 6) is 1.81. The fourth-order valence-corrected chi connectivity index (χ4v) is 3.68. The van der Waals surface area contributed by atoms with E-state index in [4.69, 9.17) is 9.47 Å². The molecule has 1 atom stereocenters. The highest BCUT2D eigenvalue weighted by Crippen LogP contribution is 2.21. The van der Waals surface area contributed by atoms with E-state index in [2.05, 4.69) is 41.4 Å². The Morgan fingerprint density at radius 2 is 1.76 bits per heavy atom. The highest BCUT2D eigenvalue weighted by Gasteiger charge is 2.26. The van der Waals surface area contributed by atoms with E-state index in [-0.39, 0.29) is 17.9 Å². The number of nitrogens with one attached hydrogen (secondary N) is 1. The molecule has 1 fully saturated rings. The number of amides is 1. The van der Waals surface area contributed by atoms with E-state index in [1.165, 1.54) is 11.1 Å². The Kier molecular flexibility index (Phi) is 7.53. The Bertz CT molecular complexity index is 783. The third-order valence-electron chi connectivity index (χ3n) is 5.56. The first-order chi connectivity index (χ1) is 14.0. The van der Waals surface area contributed by atoms with Gasteiger partial charge in [0.1, 0.15) is 18.1 Å². The molecule has 0 unspecified atom stereocenters. The summed E-state index contributed by atoms with van der Waals surface area (Å²) >= 11 is 0. The number of carbonyl (C=O) groups excluding carboxylic acids is 1. The van der Waals surface area contributed by atoms with E-state index in [1.807, 2.05) is 31.2 Å². The highest BCUT2D eigenvalue weighted by atomic mass is 16.5. The molecule has 1 amide bonds. The lowest BCUT2D eigenvalue weighted by atomic mass is 9.95. The second kappa shape index (κ2) is 10.3. The molecule has 0 aliphatic carbocycles. The molecule has 1 saturated heterocycles. The minimum atomic E-state index is -0.0328. The molecule has 0 bridgehead atoms. The van der Waals surface area contributed by atoms with Crippen LogP contribution in [0.5, 0.6) is 11.5 Å². The molecule has 0 saturated carbocycles. The summed E-state index contributed by atoms with van der Waals surface area (Å²) < 4.78 is 10.9. The summed E-state index contributed by atoms with van der Waals surface area (Å²) in [6, 6.07) is 16.0. The van der Waals surface area contributed by atoms with E-state index >= 15 is 0 Å². The maximum absolute atomic E-state index is 12.6. The molecule has 5 heteroatoms. The fraction of sp³-hybridized carbons (Fsp3) is 0.458. The number of hydrogen-bond acceptors (Lipinski definition) is 4. The Balaban J connectivity index is 1.39. The summed E-state index contributed by atoms with van der Waals surface area (Å²) in [7, 11) is 1.64. The van der Waals surface area contributed by atoms with Crippen LogP contribution in [-0.4, -0.2) is 43.7 Å². The molecule has 0 aromatic heterocycles. The quantitative estimate of drug-likeness (QED) is 0.737. The molecule has 1 heterocycles. The highest BCUT2D eigenvalue weighted by molar-refractivity contribution is 5.79. The summed E-state index contributed by atoms with van der Waals surface area (Å²) in [6.07, 6.45) is 1.81. The molecule has 0 radical (unpaired) electrons. The summed E-state index contributed by atoms with van der Waals surface area (Å²) in [6.45, 7) is 7.48. The number of rotatable bonds is 8. The molecule has 29 heavy (non-hydrogen) atoms. The largest absolute Gasteiger partial charge is 0.497 e. The number of aryl methyl sites for hydroxylation is 1. The van der Waals surface area contributed by atoms with Gasteiger partial charge in [-0.15, -0.1) is 0 Å². The molecule has 1 aliphatic heterocycles. The van der Waals surface area contributed by atoms with Crippen molar-refractivity contribution in [2.24, 2.45) is 5.92 Å². The maximum atomic E-state index is 12.6. The van der Waals surface area contributed by atoms with E-state index in [1.54, 1.807) is 7.11 Å². The van der Waals surface area contributed by atoms with Gasteiger partial charge in [-0.1, -0.05) is 24.3 Å². The molecule has 1 N–H and O–H groups in total. The molecular formula is C24H32N2O3. The standard InChI is InChI=1S/C24H32N2O3/c1-18-6-4-5-7-21(18)16-26-14-12-20(13-15-26)24(27)25-19(2)17-29-23-10-8-22(28-3)9-11-23/h4-11,19-20H,12-17H2,1-3H3,(H,25,27)/t19-/m1/s1. The van der Waals surface area contributed by atoms with E-state index in [9.17, 15) is 4.79 Å². The topological polar surface area (TPSA) is 50.8 Å². The average molecular weight is 397 g/mol. The lowest BCUT2D eigenvalue weighted by Gasteiger charge is -2.32. The van der Waals surface area contributed by atoms with Crippen LogP contribution in [0.2, 0.25) is 0 Å². The number of hydrogen-bond donors (Lipinski definition) is 1. The third kappa shape index (κ3) is 6.23. The van der Waals surface area contributed by atoms with Gasteiger partial charge in [0.15, 0.2) is 0 Å². The molecule has 0 spiro atoms. The number of likely N-dealkylation sites (tertiary alicyclic amines) is 1. The van der Waals surface area contributed by atoms with Gasteiger partial charge in [-0.25, -0.2) is 0 Å². The van der Waals surface area contributed by atoms with Crippen LogP contribution in [0.15, 0.2) is 48.5 Å². The van der Waals surface area contributed by atoms with Crippen molar-refractivity contribution in [2.45, 2.75) is 39.3 Å². The van der Waals surface area contributed by atoms with Crippen molar-refractivity contribution in [3.63, 3.8) is 0 Å². The lowest BCUT2D eigenvalue weighted by molar-refractivity contribution is -0.127. The van der Waals surface area contributed by atoms with Crippen molar-refractivity contribution in [1.29, 1.82) is 0 Å². The molecule has 2 aromatic rings. The van der Waals surface area contributed by atoms with Gasteiger partial charge in [0.2, 0.25) is 5.91 Å². The Labute approximate surface area is 174 Å². The Morgan fingerprint density at radius 3 is 2.41 bits per heavy atom. The van der Waals surface area contributed by atoms with Crippen LogP contribution in [0.1, 0.15) is 30.9 Å². The van der Waals surface area contributed by atoms with E-state index in [0.717, 1.165) is 44.0 Å². The van der Waals surface area contributed by atoms with Crippen molar-refractivity contribution in [1.82, 2.24) is 10.2 Å². The van der Waals surface area contributed by atoms with Crippen molar-refractivity contribution < 1.29 is 14.3 Å². The number of carbonyl (C=O) groups is 1. The summed E-state index contributed by atoms with van der Waals surface area (Å²) in [5, 5.41) is 3.11. The van der Waals surface area contributed by atoms with Gasteiger partial charge in [0, 0.05) is 12.5 Å². The van der Waals surface area contributed by atoms with Gasteiger partial charge in [-0.05, 0) is 75.2 Å². The predicted molar refractivity (Wildman–Crippen MR) is 115 cm³/mol. The number of benzene rings is 2. The zero-order chi connectivity index (χ0) is 20.6. The first-order valence-corrected chi connectivity index (χ1v) is 10.4. The Hall–Kier alpha value is -2.53. The summed E-state index contributed by atoms with van der Waals surface area (Å²) in [4.78, 5) is 15.1.